The molecule has 1 aromatic heterocycles. The highest BCUT2D eigenvalue weighted by Gasteiger charge is 2.21. The smallest absolute Gasteiger partial charge is 0.251 e. The van der Waals surface area contributed by atoms with Crippen molar-refractivity contribution in [3.8, 4) is 5.75 Å². The van der Waals surface area contributed by atoms with Crippen LogP contribution in [-0.2, 0) is 10.0 Å². The minimum atomic E-state index is -3.66. The standard InChI is InChI=1S/C15H20N4O4S/c1-10-14(11(2)19-18-10)24(21,22)17-9-8-16-15(20)12-4-6-13(23-3)7-5-12/h4-7,17H,8-9H2,1-3H3,(H,16,20)(H,18,19). The molecule has 0 aliphatic heterocycles. The molecule has 1 heterocycles. The third kappa shape index (κ3) is 4.12. The van der Waals surface area contributed by atoms with Crippen LogP contribution in [0.25, 0.3) is 0 Å². The summed E-state index contributed by atoms with van der Waals surface area (Å²) in [6.07, 6.45) is 0. The van der Waals surface area contributed by atoms with Gasteiger partial charge in [0.05, 0.1) is 18.5 Å². The van der Waals surface area contributed by atoms with Gasteiger partial charge in [0, 0.05) is 18.7 Å². The van der Waals surface area contributed by atoms with E-state index < -0.39 is 10.0 Å². The minimum Gasteiger partial charge on any atom is -0.497 e. The molecule has 0 spiro atoms. The van der Waals surface area contributed by atoms with Crippen LogP contribution in [0, 0.1) is 13.8 Å². The van der Waals surface area contributed by atoms with Crippen LogP contribution < -0.4 is 14.8 Å². The van der Waals surface area contributed by atoms with E-state index in [0.717, 1.165) is 0 Å². The van der Waals surface area contributed by atoms with Crippen LogP contribution in [0.2, 0.25) is 0 Å². The van der Waals surface area contributed by atoms with Gasteiger partial charge in [-0.3, -0.25) is 9.89 Å². The summed E-state index contributed by atoms with van der Waals surface area (Å²) >= 11 is 0. The number of aromatic amines is 1. The van der Waals surface area contributed by atoms with E-state index in [-0.39, 0.29) is 23.9 Å². The normalized spacial score (nSPS) is 11.3. The van der Waals surface area contributed by atoms with Gasteiger partial charge in [0.2, 0.25) is 10.0 Å². The van der Waals surface area contributed by atoms with Crippen LogP contribution in [0.15, 0.2) is 29.2 Å². The summed E-state index contributed by atoms with van der Waals surface area (Å²) < 4.78 is 31.9. The fraction of sp³-hybridized carbons (Fsp3) is 0.333. The van der Waals surface area contributed by atoms with E-state index in [1.54, 1.807) is 45.2 Å². The van der Waals surface area contributed by atoms with Crippen molar-refractivity contribution < 1.29 is 17.9 Å². The van der Waals surface area contributed by atoms with Crippen molar-refractivity contribution in [3.05, 3.63) is 41.2 Å². The van der Waals surface area contributed by atoms with E-state index in [1.165, 1.54) is 0 Å². The Morgan fingerprint density at radius 1 is 1.21 bits per heavy atom. The molecule has 0 fully saturated rings. The van der Waals surface area contributed by atoms with Gasteiger partial charge in [-0.2, -0.15) is 5.10 Å². The molecule has 130 valence electrons. The number of nitrogens with zero attached hydrogens (tertiary/aromatic N) is 1. The number of carbonyl (C=O) groups is 1. The van der Waals surface area contributed by atoms with E-state index in [4.69, 9.17) is 4.74 Å². The number of rotatable bonds is 7. The van der Waals surface area contributed by atoms with Gasteiger partial charge in [-0.05, 0) is 38.1 Å². The first-order chi connectivity index (χ1) is 11.3. The minimum absolute atomic E-state index is 0.0777. The van der Waals surface area contributed by atoms with Crippen molar-refractivity contribution in [3.63, 3.8) is 0 Å². The molecule has 0 aliphatic carbocycles. The summed E-state index contributed by atoms with van der Waals surface area (Å²) in [5.74, 6) is 0.373. The summed E-state index contributed by atoms with van der Waals surface area (Å²) in [6, 6.07) is 6.64. The molecular weight excluding hydrogens is 332 g/mol. The fourth-order valence-electron chi connectivity index (χ4n) is 2.21. The second kappa shape index (κ2) is 7.45. The number of carbonyl (C=O) groups excluding carboxylic acids is 1. The number of amides is 1. The predicted molar refractivity (Wildman–Crippen MR) is 88.6 cm³/mol. The zero-order valence-electron chi connectivity index (χ0n) is 13.7. The number of aromatic nitrogens is 2. The molecule has 0 bridgehead atoms. The van der Waals surface area contributed by atoms with Crippen molar-refractivity contribution in [1.29, 1.82) is 0 Å². The van der Waals surface area contributed by atoms with Crippen LogP contribution in [0.4, 0.5) is 0 Å². The van der Waals surface area contributed by atoms with Gasteiger partial charge in [-0.1, -0.05) is 0 Å². The van der Waals surface area contributed by atoms with Gasteiger partial charge in [0.1, 0.15) is 10.6 Å². The maximum absolute atomic E-state index is 12.2. The van der Waals surface area contributed by atoms with E-state index in [2.05, 4.69) is 20.2 Å². The van der Waals surface area contributed by atoms with Gasteiger partial charge < -0.3 is 10.1 Å². The van der Waals surface area contributed by atoms with Gasteiger partial charge in [-0.25, -0.2) is 13.1 Å². The molecule has 2 rings (SSSR count). The largest absolute Gasteiger partial charge is 0.497 e. The monoisotopic (exact) mass is 352 g/mol. The summed E-state index contributed by atoms with van der Waals surface area (Å²) in [7, 11) is -2.12. The molecule has 0 atom stereocenters. The Balaban J connectivity index is 1.87. The number of ether oxygens (including phenoxy) is 1. The number of H-pyrrole nitrogens is 1. The molecule has 1 amide bonds. The third-order valence-electron chi connectivity index (χ3n) is 3.38. The highest BCUT2D eigenvalue weighted by atomic mass is 32.2. The van der Waals surface area contributed by atoms with Gasteiger partial charge in [-0.15, -0.1) is 0 Å². The SMILES string of the molecule is COc1ccc(C(=O)NCCNS(=O)(=O)c2c(C)n[nH]c2C)cc1. The van der Waals surface area contributed by atoms with E-state index in [9.17, 15) is 13.2 Å². The topological polar surface area (TPSA) is 113 Å². The second-order valence-electron chi connectivity index (χ2n) is 5.15. The van der Waals surface area contributed by atoms with E-state index in [1.807, 2.05) is 0 Å². The number of sulfonamides is 1. The molecule has 0 radical (unpaired) electrons. The predicted octanol–water partition coefficient (Wildman–Crippen LogP) is 0.743. The Morgan fingerprint density at radius 2 is 1.88 bits per heavy atom. The van der Waals surface area contributed by atoms with Crippen LogP contribution in [0.5, 0.6) is 5.75 Å². The van der Waals surface area contributed by atoms with Crippen molar-refractivity contribution in [2.24, 2.45) is 0 Å². The molecule has 3 N–H and O–H groups in total. The fourth-order valence-corrected chi connectivity index (χ4v) is 3.61. The number of hydrogen-bond donors (Lipinski definition) is 3. The van der Waals surface area contributed by atoms with Crippen LogP contribution in [0.3, 0.4) is 0 Å². The highest BCUT2D eigenvalue weighted by Crippen LogP contribution is 2.15. The highest BCUT2D eigenvalue weighted by molar-refractivity contribution is 7.89. The lowest BCUT2D eigenvalue weighted by Crippen LogP contribution is -2.35. The third-order valence-corrected chi connectivity index (χ3v) is 5.11. The molecule has 0 saturated heterocycles. The van der Waals surface area contributed by atoms with Gasteiger partial charge >= 0.3 is 0 Å². The van der Waals surface area contributed by atoms with Crippen LogP contribution in [-0.4, -0.2) is 44.7 Å². The number of aryl methyl sites for hydroxylation is 2. The van der Waals surface area contributed by atoms with Crippen molar-refractivity contribution in [1.82, 2.24) is 20.2 Å². The lowest BCUT2D eigenvalue weighted by molar-refractivity contribution is 0.0954. The van der Waals surface area contributed by atoms with Crippen molar-refractivity contribution in [2.45, 2.75) is 18.7 Å². The zero-order chi connectivity index (χ0) is 17.7. The first-order valence-electron chi connectivity index (χ1n) is 7.28. The zero-order valence-corrected chi connectivity index (χ0v) is 14.5. The molecule has 1 aromatic carbocycles. The molecule has 9 heteroatoms. The second-order valence-corrected chi connectivity index (χ2v) is 6.85. The quantitative estimate of drug-likeness (QED) is 0.636. The maximum atomic E-state index is 12.2. The molecule has 2 aromatic rings. The summed E-state index contributed by atoms with van der Waals surface area (Å²) in [5, 5.41) is 9.16. The molecule has 24 heavy (non-hydrogen) atoms. The lowest BCUT2D eigenvalue weighted by Gasteiger charge is -2.08. The Hall–Kier alpha value is -2.39. The summed E-state index contributed by atoms with van der Waals surface area (Å²) in [6.45, 7) is 3.50. The molecule has 0 unspecified atom stereocenters. The summed E-state index contributed by atoms with van der Waals surface area (Å²) in [4.78, 5) is 12.1. The summed E-state index contributed by atoms with van der Waals surface area (Å²) in [5.41, 5.74) is 1.35. The number of hydrogen-bond acceptors (Lipinski definition) is 5. The Morgan fingerprint density at radius 3 is 2.42 bits per heavy atom. The molecule has 0 saturated carbocycles. The Bertz CT molecular complexity index is 793. The van der Waals surface area contributed by atoms with Gasteiger partial charge in [0.15, 0.2) is 0 Å². The van der Waals surface area contributed by atoms with Crippen LogP contribution >= 0.6 is 0 Å². The lowest BCUT2D eigenvalue weighted by atomic mass is 10.2. The Labute approximate surface area is 140 Å². The first kappa shape index (κ1) is 18.0. The van der Waals surface area contributed by atoms with Gasteiger partial charge in [0.25, 0.3) is 5.91 Å². The molecule has 8 nitrogen and oxygen atoms in total. The van der Waals surface area contributed by atoms with E-state index in [0.29, 0.717) is 22.7 Å². The maximum Gasteiger partial charge on any atom is 0.251 e. The number of nitrogens with one attached hydrogen (secondary N) is 3. The van der Waals surface area contributed by atoms with Crippen molar-refractivity contribution >= 4 is 15.9 Å². The Kier molecular flexibility index (Phi) is 5.58. The van der Waals surface area contributed by atoms with E-state index >= 15 is 0 Å². The average Bonchev–Trinajstić information content (AvgIpc) is 2.91. The molecule has 0 aliphatic rings. The first-order valence-corrected chi connectivity index (χ1v) is 8.77. The van der Waals surface area contributed by atoms with Crippen molar-refractivity contribution in [2.75, 3.05) is 20.2 Å². The average molecular weight is 352 g/mol. The number of methoxy groups -OCH3 is 1. The molecular formula is C15H20N4O4S. The number of benzene rings is 1. The van der Waals surface area contributed by atoms with Crippen LogP contribution in [0.1, 0.15) is 21.7 Å².